The standard InChI is InChI=1S/C17H19N3O3S/c1-23-7-6-20-10-12(16(21)19-17(20)22)8-18-9-13-11-24-15-5-3-2-4-14(13)15/h2-5,10-11,18H,6-9H2,1H3,(H,19,21,22). The van der Waals surface area contributed by atoms with Gasteiger partial charge in [0, 0.05) is 36.7 Å². The zero-order chi connectivity index (χ0) is 16.9. The van der Waals surface area contributed by atoms with E-state index in [2.05, 4.69) is 27.8 Å². The van der Waals surface area contributed by atoms with Gasteiger partial charge in [0.25, 0.3) is 5.56 Å². The van der Waals surface area contributed by atoms with Crippen LogP contribution in [-0.2, 0) is 24.4 Å². The summed E-state index contributed by atoms with van der Waals surface area (Å²) in [4.78, 5) is 26.0. The van der Waals surface area contributed by atoms with E-state index in [1.807, 2.05) is 12.1 Å². The number of rotatable bonds is 7. The van der Waals surface area contributed by atoms with Crippen molar-refractivity contribution in [1.82, 2.24) is 14.9 Å². The summed E-state index contributed by atoms with van der Waals surface area (Å²) in [6, 6.07) is 8.24. The summed E-state index contributed by atoms with van der Waals surface area (Å²) in [5, 5.41) is 6.64. The van der Waals surface area contributed by atoms with E-state index in [1.165, 1.54) is 20.2 Å². The van der Waals surface area contributed by atoms with Crippen molar-refractivity contribution in [3.63, 3.8) is 0 Å². The van der Waals surface area contributed by atoms with E-state index >= 15 is 0 Å². The van der Waals surface area contributed by atoms with Crippen LogP contribution < -0.4 is 16.6 Å². The van der Waals surface area contributed by atoms with E-state index in [0.29, 0.717) is 31.8 Å². The highest BCUT2D eigenvalue weighted by atomic mass is 32.1. The van der Waals surface area contributed by atoms with Crippen LogP contribution in [-0.4, -0.2) is 23.3 Å². The Balaban J connectivity index is 1.70. The Bertz CT molecular complexity index is 942. The van der Waals surface area contributed by atoms with Crippen molar-refractivity contribution >= 4 is 21.4 Å². The molecule has 0 aliphatic carbocycles. The molecule has 0 fully saturated rings. The van der Waals surface area contributed by atoms with Gasteiger partial charge in [-0.05, 0) is 22.4 Å². The average Bonchev–Trinajstić information content (AvgIpc) is 2.99. The van der Waals surface area contributed by atoms with Crippen LogP contribution in [0.25, 0.3) is 10.1 Å². The van der Waals surface area contributed by atoms with Crippen molar-refractivity contribution in [1.29, 1.82) is 0 Å². The summed E-state index contributed by atoms with van der Waals surface area (Å²) in [5.41, 5.74) is 0.978. The van der Waals surface area contributed by atoms with Gasteiger partial charge in [-0.3, -0.25) is 14.3 Å². The number of nitrogens with zero attached hydrogens (tertiary/aromatic N) is 1. The Morgan fingerprint density at radius 1 is 1.21 bits per heavy atom. The van der Waals surface area contributed by atoms with Gasteiger partial charge in [-0.1, -0.05) is 18.2 Å². The Kier molecular flexibility index (Phi) is 5.24. The smallest absolute Gasteiger partial charge is 0.328 e. The first kappa shape index (κ1) is 16.6. The van der Waals surface area contributed by atoms with Gasteiger partial charge in [0.2, 0.25) is 0 Å². The topological polar surface area (TPSA) is 76.1 Å². The lowest BCUT2D eigenvalue weighted by atomic mass is 10.2. The molecule has 3 rings (SSSR count). The molecule has 0 spiro atoms. The van der Waals surface area contributed by atoms with Crippen molar-refractivity contribution in [2.24, 2.45) is 0 Å². The van der Waals surface area contributed by atoms with Gasteiger partial charge in [-0.15, -0.1) is 11.3 Å². The fraction of sp³-hybridized carbons (Fsp3) is 0.294. The minimum absolute atomic E-state index is 0.351. The summed E-state index contributed by atoms with van der Waals surface area (Å²) < 4.78 is 7.69. The SMILES string of the molecule is COCCn1cc(CNCc2csc3ccccc23)c(=O)[nH]c1=O. The maximum absolute atomic E-state index is 11.9. The summed E-state index contributed by atoms with van der Waals surface area (Å²) >= 11 is 1.71. The third kappa shape index (κ3) is 3.64. The van der Waals surface area contributed by atoms with Crippen LogP contribution in [0.2, 0.25) is 0 Å². The molecule has 3 aromatic rings. The van der Waals surface area contributed by atoms with Crippen molar-refractivity contribution in [3.05, 3.63) is 67.8 Å². The second-order valence-corrected chi connectivity index (χ2v) is 6.37. The van der Waals surface area contributed by atoms with Crippen molar-refractivity contribution in [2.75, 3.05) is 13.7 Å². The third-order valence-corrected chi connectivity index (χ3v) is 4.83. The first-order valence-electron chi connectivity index (χ1n) is 7.66. The van der Waals surface area contributed by atoms with Crippen LogP contribution in [0.3, 0.4) is 0 Å². The van der Waals surface area contributed by atoms with Crippen LogP contribution in [0, 0.1) is 0 Å². The van der Waals surface area contributed by atoms with E-state index in [4.69, 9.17) is 4.74 Å². The molecule has 0 atom stereocenters. The Morgan fingerprint density at radius 3 is 2.83 bits per heavy atom. The van der Waals surface area contributed by atoms with E-state index in [-0.39, 0.29) is 5.56 Å². The van der Waals surface area contributed by atoms with Crippen LogP contribution in [0.5, 0.6) is 0 Å². The van der Waals surface area contributed by atoms with E-state index in [1.54, 1.807) is 24.6 Å². The molecule has 1 aromatic carbocycles. The van der Waals surface area contributed by atoms with Gasteiger partial charge in [0.15, 0.2) is 0 Å². The molecule has 2 heterocycles. The number of methoxy groups -OCH3 is 1. The monoisotopic (exact) mass is 345 g/mol. The number of H-pyrrole nitrogens is 1. The molecule has 0 saturated carbocycles. The lowest BCUT2D eigenvalue weighted by Crippen LogP contribution is -2.34. The maximum Gasteiger partial charge on any atom is 0.328 e. The number of thiophene rings is 1. The minimum Gasteiger partial charge on any atom is -0.383 e. The number of benzene rings is 1. The van der Waals surface area contributed by atoms with Crippen molar-refractivity contribution in [2.45, 2.75) is 19.6 Å². The summed E-state index contributed by atoms with van der Waals surface area (Å²) in [7, 11) is 1.57. The molecular weight excluding hydrogens is 326 g/mol. The van der Waals surface area contributed by atoms with Crippen LogP contribution in [0.15, 0.2) is 45.4 Å². The van der Waals surface area contributed by atoms with Crippen LogP contribution in [0.4, 0.5) is 0 Å². The minimum atomic E-state index is -0.412. The second kappa shape index (κ2) is 7.57. The molecule has 2 N–H and O–H groups in total. The average molecular weight is 345 g/mol. The molecular formula is C17H19N3O3S. The molecule has 0 saturated heterocycles. The number of aromatic nitrogens is 2. The summed E-state index contributed by atoms with van der Waals surface area (Å²) in [6.07, 6.45) is 1.60. The zero-order valence-electron chi connectivity index (χ0n) is 13.4. The Labute approximate surface area is 142 Å². The number of ether oxygens (including phenoxy) is 1. The molecule has 0 radical (unpaired) electrons. The van der Waals surface area contributed by atoms with E-state index in [9.17, 15) is 9.59 Å². The van der Waals surface area contributed by atoms with Crippen LogP contribution >= 0.6 is 11.3 Å². The number of nitrogens with one attached hydrogen (secondary N) is 2. The molecule has 0 bridgehead atoms. The van der Waals surface area contributed by atoms with Gasteiger partial charge in [0.05, 0.1) is 13.2 Å². The van der Waals surface area contributed by atoms with Gasteiger partial charge >= 0.3 is 5.69 Å². The molecule has 0 unspecified atom stereocenters. The first-order chi connectivity index (χ1) is 11.7. The molecule has 126 valence electrons. The molecule has 0 aliphatic heterocycles. The number of fused-ring (bicyclic) bond motifs is 1. The molecule has 0 amide bonds. The molecule has 6 nitrogen and oxygen atoms in total. The fourth-order valence-electron chi connectivity index (χ4n) is 2.54. The summed E-state index contributed by atoms with van der Waals surface area (Å²) in [5.74, 6) is 0. The third-order valence-electron chi connectivity index (χ3n) is 3.81. The highest BCUT2D eigenvalue weighted by molar-refractivity contribution is 7.17. The summed E-state index contributed by atoms with van der Waals surface area (Å²) in [6.45, 7) is 1.89. The van der Waals surface area contributed by atoms with Gasteiger partial charge in [-0.2, -0.15) is 0 Å². The van der Waals surface area contributed by atoms with E-state index in [0.717, 1.165) is 0 Å². The van der Waals surface area contributed by atoms with E-state index < -0.39 is 5.69 Å². The second-order valence-electron chi connectivity index (χ2n) is 5.46. The number of hydrogen-bond acceptors (Lipinski definition) is 5. The normalized spacial score (nSPS) is 11.2. The maximum atomic E-state index is 11.9. The predicted molar refractivity (Wildman–Crippen MR) is 95.6 cm³/mol. The fourth-order valence-corrected chi connectivity index (χ4v) is 3.50. The largest absolute Gasteiger partial charge is 0.383 e. The first-order valence-corrected chi connectivity index (χ1v) is 8.54. The number of aromatic amines is 1. The Morgan fingerprint density at radius 2 is 2.00 bits per heavy atom. The lowest BCUT2D eigenvalue weighted by molar-refractivity contribution is 0.185. The molecule has 0 aliphatic rings. The van der Waals surface area contributed by atoms with Crippen molar-refractivity contribution < 1.29 is 4.74 Å². The lowest BCUT2D eigenvalue weighted by Gasteiger charge is -2.08. The van der Waals surface area contributed by atoms with Crippen LogP contribution in [0.1, 0.15) is 11.1 Å². The quantitative estimate of drug-likeness (QED) is 0.683. The molecule has 2 aromatic heterocycles. The van der Waals surface area contributed by atoms with Gasteiger partial charge in [-0.25, -0.2) is 4.79 Å². The molecule has 7 heteroatoms. The van der Waals surface area contributed by atoms with Crippen molar-refractivity contribution in [3.8, 4) is 0 Å². The number of hydrogen-bond donors (Lipinski definition) is 2. The highest BCUT2D eigenvalue weighted by Crippen LogP contribution is 2.25. The zero-order valence-corrected chi connectivity index (χ0v) is 14.2. The highest BCUT2D eigenvalue weighted by Gasteiger charge is 2.06. The predicted octanol–water partition coefficient (Wildman–Crippen LogP) is 1.69. The Hall–Kier alpha value is -2.22. The van der Waals surface area contributed by atoms with Gasteiger partial charge in [0.1, 0.15) is 0 Å². The van der Waals surface area contributed by atoms with Gasteiger partial charge < -0.3 is 10.1 Å². The molecule has 24 heavy (non-hydrogen) atoms.